The first-order valence-corrected chi connectivity index (χ1v) is 8.78. The van der Waals surface area contributed by atoms with Crippen molar-refractivity contribution in [3.63, 3.8) is 0 Å². The van der Waals surface area contributed by atoms with E-state index in [1.165, 1.54) is 11.3 Å². The summed E-state index contributed by atoms with van der Waals surface area (Å²) < 4.78 is 9.97. The summed E-state index contributed by atoms with van der Waals surface area (Å²) >= 11 is 1.37. The van der Waals surface area contributed by atoms with Crippen LogP contribution < -0.4 is 10.1 Å². The molecular formula is C17H19N3O4S. The Hall–Kier alpha value is -2.61. The van der Waals surface area contributed by atoms with Gasteiger partial charge in [0.15, 0.2) is 5.13 Å². The molecule has 0 saturated heterocycles. The van der Waals surface area contributed by atoms with Gasteiger partial charge in [-0.05, 0) is 31.2 Å². The Morgan fingerprint density at radius 1 is 1.32 bits per heavy atom. The molecule has 2 heterocycles. The van der Waals surface area contributed by atoms with Gasteiger partial charge in [-0.3, -0.25) is 10.1 Å². The molecule has 0 atom stereocenters. The fraction of sp³-hybridized carbons (Fsp3) is 0.353. The number of aromatic nitrogens is 1. The number of fused-ring (bicyclic) bond motifs is 1. The van der Waals surface area contributed by atoms with Crippen molar-refractivity contribution in [1.82, 2.24) is 9.88 Å². The molecule has 2 amide bonds. The Balaban J connectivity index is 1.68. The Morgan fingerprint density at radius 3 is 2.76 bits per heavy atom. The highest BCUT2D eigenvalue weighted by atomic mass is 32.1. The number of hydrogen-bond donors (Lipinski definition) is 1. The summed E-state index contributed by atoms with van der Waals surface area (Å²) in [6.07, 6.45) is 0.151. The van der Waals surface area contributed by atoms with Crippen molar-refractivity contribution in [3.8, 4) is 5.75 Å². The zero-order valence-electron chi connectivity index (χ0n) is 14.1. The number of rotatable bonds is 4. The first-order valence-electron chi connectivity index (χ1n) is 7.96. The number of carbonyl (C=O) groups excluding carboxylic acids is 2. The van der Waals surface area contributed by atoms with Gasteiger partial charge in [-0.1, -0.05) is 11.3 Å². The minimum atomic E-state index is -0.514. The number of nitrogens with zero attached hydrogens (tertiary/aromatic N) is 2. The van der Waals surface area contributed by atoms with Gasteiger partial charge in [-0.2, -0.15) is 0 Å². The zero-order chi connectivity index (χ0) is 17.8. The van der Waals surface area contributed by atoms with Gasteiger partial charge in [0.1, 0.15) is 5.75 Å². The number of nitrogens with one attached hydrogen (secondary N) is 1. The maximum atomic E-state index is 12.7. The molecule has 25 heavy (non-hydrogen) atoms. The predicted octanol–water partition coefficient (Wildman–Crippen LogP) is 2.92. The largest absolute Gasteiger partial charge is 0.497 e. The van der Waals surface area contributed by atoms with Crippen molar-refractivity contribution >= 4 is 28.5 Å². The fourth-order valence-corrected chi connectivity index (χ4v) is 3.60. The van der Waals surface area contributed by atoms with Crippen molar-refractivity contribution < 1.29 is 19.1 Å². The highest BCUT2D eigenvalue weighted by molar-refractivity contribution is 7.15. The van der Waals surface area contributed by atoms with Crippen LogP contribution >= 0.6 is 11.3 Å². The van der Waals surface area contributed by atoms with Gasteiger partial charge in [-0.25, -0.2) is 9.78 Å². The van der Waals surface area contributed by atoms with Crippen LogP contribution in [0.3, 0.4) is 0 Å². The van der Waals surface area contributed by atoms with Crippen molar-refractivity contribution in [2.75, 3.05) is 25.6 Å². The number of methoxy groups -OCH3 is 1. The fourth-order valence-electron chi connectivity index (χ4n) is 2.59. The maximum Gasteiger partial charge on any atom is 0.413 e. The van der Waals surface area contributed by atoms with Gasteiger partial charge in [0.2, 0.25) is 0 Å². The molecule has 0 radical (unpaired) electrons. The lowest BCUT2D eigenvalue weighted by molar-refractivity contribution is 0.0736. The first-order chi connectivity index (χ1) is 12.1. The highest BCUT2D eigenvalue weighted by Crippen LogP contribution is 2.29. The molecule has 1 aliphatic heterocycles. The Labute approximate surface area is 149 Å². The molecule has 3 rings (SSSR count). The molecule has 0 unspecified atom stereocenters. The number of benzene rings is 1. The standard InChI is InChI=1S/C17H19N3O4S/c1-3-24-17(22)19-16-18-13-8-9-20(10-14(13)25-16)15(21)11-4-6-12(23-2)7-5-11/h4-7H,3,8-10H2,1-2H3,(H,18,19,22). The van der Waals surface area contributed by atoms with Crippen molar-refractivity contribution in [2.24, 2.45) is 0 Å². The van der Waals surface area contributed by atoms with Gasteiger partial charge >= 0.3 is 6.09 Å². The molecule has 132 valence electrons. The van der Waals surface area contributed by atoms with E-state index in [0.29, 0.717) is 36.8 Å². The Kier molecular flexibility index (Phi) is 5.18. The van der Waals surface area contributed by atoms with E-state index in [2.05, 4.69) is 10.3 Å². The average molecular weight is 361 g/mol. The Bertz CT molecular complexity index is 773. The zero-order valence-corrected chi connectivity index (χ0v) is 14.9. The summed E-state index contributed by atoms with van der Waals surface area (Å²) in [5.41, 5.74) is 1.55. The van der Waals surface area contributed by atoms with Crippen LogP contribution in [0.5, 0.6) is 5.75 Å². The average Bonchev–Trinajstić information content (AvgIpc) is 3.02. The number of thiazole rings is 1. The molecule has 1 aromatic carbocycles. The van der Waals surface area contributed by atoms with E-state index >= 15 is 0 Å². The second-order valence-electron chi connectivity index (χ2n) is 5.44. The summed E-state index contributed by atoms with van der Waals surface area (Å²) in [7, 11) is 1.59. The second-order valence-corrected chi connectivity index (χ2v) is 6.52. The topological polar surface area (TPSA) is 80.8 Å². The van der Waals surface area contributed by atoms with Crippen LogP contribution in [0.4, 0.5) is 9.93 Å². The summed E-state index contributed by atoms with van der Waals surface area (Å²) in [6, 6.07) is 7.07. The van der Waals surface area contributed by atoms with Crippen molar-refractivity contribution in [3.05, 3.63) is 40.4 Å². The van der Waals surface area contributed by atoms with Gasteiger partial charge in [0.05, 0.1) is 26.0 Å². The molecule has 7 nitrogen and oxygen atoms in total. The summed E-state index contributed by atoms with van der Waals surface area (Å²) in [6.45, 7) is 3.14. The summed E-state index contributed by atoms with van der Waals surface area (Å²) in [4.78, 5) is 31.3. The van der Waals surface area contributed by atoms with Crippen LogP contribution in [0.1, 0.15) is 27.9 Å². The number of anilines is 1. The predicted molar refractivity (Wildman–Crippen MR) is 94.2 cm³/mol. The van der Waals surface area contributed by atoms with E-state index in [-0.39, 0.29) is 5.91 Å². The molecule has 0 aliphatic carbocycles. The van der Waals surface area contributed by atoms with Crippen molar-refractivity contribution in [1.29, 1.82) is 0 Å². The Morgan fingerprint density at radius 2 is 2.08 bits per heavy atom. The van der Waals surface area contributed by atoms with E-state index in [9.17, 15) is 9.59 Å². The molecule has 0 saturated carbocycles. The first kappa shape index (κ1) is 17.2. The van der Waals surface area contributed by atoms with E-state index in [1.54, 1.807) is 43.2 Å². The lowest BCUT2D eigenvalue weighted by atomic mass is 10.1. The van der Waals surface area contributed by atoms with E-state index in [0.717, 1.165) is 16.3 Å². The van der Waals surface area contributed by atoms with Gasteiger partial charge in [-0.15, -0.1) is 0 Å². The normalized spacial score (nSPS) is 13.1. The SMILES string of the molecule is CCOC(=O)Nc1nc2c(s1)CN(C(=O)c1ccc(OC)cc1)CC2. The van der Waals surface area contributed by atoms with Crippen LogP contribution in [0.15, 0.2) is 24.3 Å². The third kappa shape index (κ3) is 3.90. The third-order valence-corrected chi connectivity index (χ3v) is 4.84. The minimum absolute atomic E-state index is 0.0263. The molecule has 0 spiro atoms. The lowest BCUT2D eigenvalue weighted by Crippen LogP contribution is -2.35. The lowest BCUT2D eigenvalue weighted by Gasteiger charge is -2.26. The molecule has 0 fully saturated rings. The van der Waals surface area contributed by atoms with Gasteiger partial charge in [0, 0.05) is 23.4 Å². The second kappa shape index (κ2) is 7.52. The van der Waals surface area contributed by atoms with E-state index in [1.807, 2.05) is 0 Å². The monoisotopic (exact) mass is 361 g/mol. The molecule has 1 aromatic heterocycles. The smallest absolute Gasteiger partial charge is 0.413 e. The number of amides is 2. The number of carbonyl (C=O) groups is 2. The van der Waals surface area contributed by atoms with Crippen LogP contribution in [0, 0.1) is 0 Å². The van der Waals surface area contributed by atoms with Gasteiger partial charge < -0.3 is 14.4 Å². The molecular weight excluding hydrogens is 342 g/mol. The van der Waals surface area contributed by atoms with Gasteiger partial charge in [0.25, 0.3) is 5.91 Å². The number of ether oxygens (including phenoxy) is 2. The minimum Gasteiger partial charge on any atom is -0.497 e. The molecule has 1 N–H and O–H groups in total. The molecule has 8 heteroatoms. The number of hydrogen-bond acceptors (Lipinski definition) is 6. The van der Waals surface area contributed by atoms with Crippen LogP contribution in [-0.2, 0) is 17.7 Å². The molecule has 1 aliphatic rings. The van der Waals surface area contributed by atoms with Crippen LogP contribution in [0.25, 0.3) is 0 Å². The van der Waals surface area contributed by atoms with E-state index in [4.69, 9.17) is 9.47 Å². The third-order valence-electron chi connectivity index (χ3n) is 3.84. The van der Waals surface area contributed by atoms with E-state index < -0.39 is 6.09 Å². The highest BCUT2D eigenvalue weighted by Gasteiger charge is 2.25. The molecule has 2 aromatic rings. The summed E-state index contributed by atoms with van der Waals surface area (Å²) in [5, 5.41) is 3.12. The van der Waals surface area contributed by atoms with Crippen molar-refractivity contribution in [2.45, 2.75) is 19.9 Å². The summed E-state index contributed by atoms with van der Waals surface area (Å²) in [5.74, 6) is 0.691. The van der Waals surface area contributed by atoms with Crippen LogP contribution in [0.2, 0.25) is 0 Å². The van der Waals surface area contributed by atoms with Crippen LogP contribution in [-0.4, -0.2) is 42.1 Å². The quantitative estimate of drug-likeness (QED) is 0.906. The molecule has 0 bridgehead atoms. The maximum absolute atomic E-state index is 12.7.